The maximum absolute atomic E-state index is 13.4. The number of benzene rings is 1. The van der Waals surface area contributed by atoms with Gasteiger partial charge >= 0.3 is 16.5 Å². The third kappa shape index (κ3) is 5.89. The molecule has 1 heterocycles. The minimum atomic E-state index is -4.71. The molecule has 1 aromatic heterocycles. The molecule has 148 valence electrons. The van der Waals surface area contributed by atoms with Gasteiger partial charge in [-0.2, -0.15) is 27.8 Å². The zero-order valence-electron chi connectivity index (χ0n) is 14.4. The van der Waals surface area contributed by atoms with Crippen LogP contribution in [-0.2, 0) is 24.4 Å². The second-order valence-corrected chi connectivity index (χ2v) is 8.46. The summed E-state index contributed by atoms with van der Waals surface area (Å²) in [6.45, 7) is 2.98. The van der Waals surface area contributed by atoms with E-state index in [1.807, 2.05) is 0 Å². The highest BCUT2D eigenvalue weighted by molar-refractivity contribution is 7.91. The highest BCUT2D eigenvalue weighted by atomic mass is 32.3. The Morgan fingerprint density at radius 1 is 1.11 bits per heavy atom. The third-order valence-electron chi connectivity index (χ3n) is 3.36. The van der Waals surface area contributed by atoms with E-state index in [9.17, 15) is 21.2 Å². The first kappa shape index (κ1) is 21.1. The van der Waals surface area contributed by atoms with E-state index in [0.717, 1.165) is 0 Å². The fraction of sp³-hybridized carbons (Fsp3) is 0.357. The summed E-state index contributed by atoms with van der Waals surface area (Å²) >= 11 is 0. The Bertz CT molecular complexity index is 992. The second kappa shape index (κ2) is 8.21. The second-order valence-electron chi connectivity index (χ2n) is 5.26. The largest absolute Gasteiger partial charge is 0.397 e. The van der Waals surface area contributed by atoms with Crippen molar-refractivity contribution >= 4 is 31.9 Å². The van der Waals surface area contributed by atoms with Crippen LogP contribution in [-0.4, -0.2) is 55.2 Å². The van der Waals surface area contributed by atoms with Crippen molar-refractivity contribution in [2.75, 3.05) is 23.8 Å². The van der Waals surface area contributed by atoms with E-state index in [-0.39, 0.29) is 16.7 Å². The Hall–Kier alpha value is -2.22. The van der Waals surface area contributed by atoms with Gasteiger partial charge in [-0.3, -0.25) is 4.55 Å². The van der Waals surface area contributed by atoms with E-state index < -0.39 is 38.7 Å². The van der Waals surface area contributed by atoms with E-state index in [2.05, 4.69) is 19.1 Å². The molecule has 0 unspecified atom stereocenters. The summed E-state index contributed by atoms with van der Waals surface area (Å²) in [5.74, 6) is -0.352. The fourth-order valence-corrected chi connectivity index (χ4v) is 3.68. The van der Waals surface area contributed by atoms with Crippen LogP contribution in [0.4, 0.5) is 16.0 Å². The molecular formula is C14H17FN4O6S2. The lowest BCUT2D eigenvalue weighted by Gasteiger charge is -2.21. The minimum absolute atomic E-state index is 0.0701. The minimum Gasteiger partial charge on any atom is -0.311 e. The summed E-state index contributed by atoms with van der Waals surface area (Å²) in [5, 5.41) is 0. The smallest absolute Gasteiger partial charge is 0.311 e. The first-order valence-corrected chi connectivity index (χ1v) is 10.6. The third-order valence-corrected chi connectivity index (χ3v) is 5.52. The van der Waals surface area contributed by atoms with Gasteiger partial charge in [0.05, 0.1) is 17.3 Å². The average molecular weight is 420 g/mol. The van der Waals surface area contributed by atoms with Gasteiger partial charge in [0.2, 0.25) is 5.95 Å². The first-order valence-electron chi connectivity index (χ1n) is 7.62. The SMILES string of the molecule is CCN(c1ccc(S(=O)(=O)CCOS(=O)(=O)O)cc1)c1nc(C)nc(F)n1. The van der Waals surface area contributed by atoms with E-state index >= 15 is 0 Å². The van der Waals surface area contributed by atoms with Crippen LogP contribution in [0, 0.1) is 13.0 Å². The van der Waals surface area contributed by atoms with Gasteiger partial charge < -0.3 is 4.90 Å². The van der Waals surface area contributed by atoms with Gasteiger partial charge in [-0.05, 0) is 38.1 Å². The van der Waals surface area contributed by atoms with Crippen LogP contribution in [0.15, 0.2) is 29.2 Å². The zero-order valence-corrected chi connectivity index (χ0v) is 16.0. The van der Waals surface area contributed by atoms with Crippen LogP contribution >= 0.6 is 0 Å². The molecule has 0 spiro atoms. The van der Waals surface area contributed by atoms with Gasteiger partial charge in [0, 0.05) is 12.2 Å². The number of hydrogen-bond acceptors (Lipinski definition) is 9. The summed E-state index contributed by atoms with van der Waals surface area (Å²) in [6.07, 6.45) is -0.922. The highest BCUT2D eigenvalue weighted by Gasteiger charge is 2.18. The Kier molecular flexibility index (Phi) is 6.41. The molecule has 0 radical (unpaired) electrons. The molecule has 0 aliphatic rings. The molecule has 13 heteroatoms. The number of hydrogen-bond donors (Lipinski definition) is 1. The van der Waals surface area contributed by atoms with Crippen LogP contribution in [0.3, 0.4) is 0 Å². The van der Waals surface area contributed by atoms with Gasteiger partial charge in [-0.15, -0.1) is 0 Å². The number of halogens is 1. The van der Waals surface area contributed by atoms with Gasteiger partial charge in [0.15, 0.2) is 9.84 Å². The topological polar surface area (TPSA) is 140 Å². The van der Waals surface area contributed by atoms with E-state index in [4.69, 9.17) is 4.55 Å². The van der Waals surface area contributed by atoms with Crippen molar-refractivity contribution in [1.82, 2.24) is 15.0 Å². The van der Waals surface area contributed by atoms with E-state index in [0.29, 0.717) is 12.2 Å². The quantitative estimate of drug-likeness (QED) is 0.617. The van der Waals surface area contributed by atoms with Crippen LogP contribution in [0.25, 0.3) is 0 Å². The molecule has 0 atom stereocenters. The number of aromatic nitrogens is 3. The maximum Gasteiger partial charge on any atom is 0.397 e. The van der Waals surface area contributed by atoms with Crippen molar-refractivity contribution in [2.45, 2.75) is 18.7 Å². The molecule has 0 saturated heterocycles. The molecule has 1 aromatic carbocycles. The molecule has 0 saturated carbocycles. The summed E-state index contributed by atoms with van der Waals surface area (Å²) < 4.78 is 71.2. The lowest BCUT2D eigenvalue weighted by molar-refractivity contribution is 0.284. The lowest BCUT2D eigenvalue weighted by atomic mass is 10.3. The molecule has 0 amide bonds. The Morgan fingerprint density at radius 2 is 1.74 bits per heavy atom. The predicted molar refractivity (Wildman–Crippen MR) is 93.2 cm³/mol. The van der Waals surface area contributed by atoms with Gasteiger partial charge in [0.1, 0.15) is 5.82 Å². The van der Waals surface area contributed by atoms with Crippen molar-refractivity contribution in [3.8, 4) is 0 Å². The summed E-state index contributed by atoms with van der Waals surface area (Å²) in [5.41, 5.74) is 0.524. The number of nitrogens with zero attached hydrogens (tertiary/aromatic N) is 4. The molecule has 0 fully saturated rings. The highest BCUT2D eigenvalue weighted by Crippen LogP contribution is 2.24. The number of aryl methyl sites for hydroxylation is 1. The summed E-state index contributed by atoms with van der Waals surface area (Å²) in [7, 11) is -8.54. The number of anilines is 2. The first-order chi connectivity index (χ1) is 12.5. The van der Waals surface area contributed by atoms with Crippen molar-refractivity contribution in [3.63, 3.8) is 0 Å². The monoisotopic (exact) mass is 420 g/mol. The standard InChI is InChI=1S/C14H17FN4O6S2/c1-3-19(14-17-10(2)16-13(15)18-14)11-4-6-12(7-5-11)26(20,21)9-8-25-27(22,23)24/h4-7H,3,8-9H2,1-2H3,(H,22,23,24). The average Bonchev–Trinajstić information content (AvgIpc) is 2.53. The molecule has 1 N–H and O–H groups in total. The molecule has 0 aliphatic carbocycles. The zero-order chi connectivity index (χ0) is 20.2. The molecule has 0 aliphatic heterocycles. The van der Waals surface area contributed by atoms with Crippen LogP contribution < -0.4 is 4.90 Å². The van der Waals surface area contributed by atoms with E-state index in [1.54, 1.807) is 11.8 Å². The lowest BCUT2D eigenvalue weighted by Crippen LogP contribution is -2.20. The van der Waals surface area contributed by atoms with Crippen molar-refractivity contribution in [1.29, 1.82) is 0 Å². The van der Waals surface area contributed by atoms with Crippen molar-refractivity contribution in [3.05, 3.63) is 36.2 Å². The molecule has 27 heavy (non-hydrogen) atoms. The van der Waals surface area contributed by atoms with Crippen molar-refractivity contribution < 1.29 is 30.0 Å². The van der Waals surface area contributed by atoms with Crippen LogP contribution in [0.2, 0.25) is 0 Å². The molecular weight excluding hydrogens is 403 g/mol. The van der Waals surface area contributed by atoms with Gasteiger partial charge in [-0.25, -0.2) is 12.6 Å². The molecule has 2 rings (SSSR count). The fourth-order valence-electron chi connectivity index (χ4n) is 2.20. The van der Waals surface area contributed by atoms with Crippen molar-refractivity contribution in [2.24, 2.45) is 0 Å². The number of sulfone groups is 1. The van der Waals surface area contributed by atoms with Crippen LogP contribution in [0.1, 0.15) is 12.7 Å². The maximum atomic E-state index is 13.4. The Balaban J connectivity index is 2.22. The van der Waals surface area contributed by atoms with E-state index in [1.165, 1.54) is 31.2 Å². The van der Waals surface area contributed by atoms with Gasteiger partial charge in [0.25, 0.3) is 0 Å². The Morgan fingerprint density at radius 3 is 2.26 bits per heavy atom. The summed E-state index contributed by atoms with van der Waals surface area (Å²) in [4.78, 5) is 12.7. The van der Waals surface area contributed by atoms with Gasteiger partial charge in [-0.1, -0.05) is 0 Å². The van der Waals surface area contributed by atoms with Crippen LogP contribution in [0.5, 0.6) is 0 Å². The molecule has 10 nitrogen and oxygen atoms in total. The normalized spacial score (nSPS) is 12.1. The molecule has 0 bridgehead atoms. The molecule has 2 aromatic rings. The Labute approximate surface area is 155 Å². The number of rotatable bonds is 8. The summed E-state index contributed by atoms with van der Waals surface area (Å²) in [6, 6.07) is 5.59. The predicted octanol–water partition coefficient (Wildman–Crippen LogP) is 1.07.